The Morgan fingerprint density at radius 1 is 1.14 bits per heavy atom. The average molecular weight is 446 g/mol. The summed E-state index contributed by atoms with van der Waals surface area (Å²) >= 11 is 7.34. The van der Waals surface area contributed by atoms with Gasteiger partial charge in [-0.1, -0.05) is 30.7 Å². The molecule has 0 unspecified atom stereocenters. The third-order valence-corrected chi connectivity index (χ3v) is 7.45. The van der Waals surface area contributed by atoms with E-state index in [2.05, 4.69) is 0 Å². The molecule has 0 fully saturated rings. The quantitative estimate of drug-likeness (QED) is 0.564. The highest BCUT2D eigenvalue weighted by atomic mass is 35.5. The van der Waals surface area contributed by atoms with Gasteiger partial charge in [0, 0.05) is 4.88 Å². The van der Waals surface area contributed by atoms with Crippen molar-refractivity contribution in [2.24, 2.45) is 0 Å². The summed E-state index contributed by atoms with van der Waals surface area (Å²) in [5.74, 6) is -1.55. The SMILES string of the molecule is CCc1ccc(C(=O)O)cc1S(=O)(=O)Cc1cc(C#N)ccc1-c1ccc(Cl)s1. The van der Waals surface area contributed by atoms with Gasteiger partial charge in [0.25, 0.3) is 0 Å². The third kappa shape index (κ3) is 4.51. The number of carboxylic acids is 1. The lowest BCUT2D eigenvalue weighted by molar-refractivity contribution is 0.0696. The van der Waals surface area contributed by atoms with Gasteiger partial charge in [-0.05, 0) is 59.5 Å². The summed E-state index contributed by atoms with van der Waals surface area (Å²) in [4.78, 5) is 12.1. The van der Waals surface area contributed by atoms with Crippen LogP contribution in [0.3, 0.4) is 0 Å². The average Bonchev–Trinajstić information content (AvgIpc) is 3.13. The van der Waals surface area contributed by atoms with E-state index >= 15 is 0 Å². The van der Waals surface area contributed by atoms with Gasteiger partial charge >= 0.3 is 5.97 Å². The van der Waals surface area contributed by atoms with Crippen molar-refractivity contribution < 1.29 is 18.3 Å². The van der Waals surface area contributed by atoms with Crippen molar-refractivity contribution in [3.8, 4) is 16.5 Å². The van der Waals surface area contributed by atoms with E-state index in [1.54, 1.807) is 30.3 Å². The van der Waals surface area contributed by atoms with Crippen LogP contribution in [-0.2, 0) is 22.0 Å². The van der Waals surface area contributed by atoms with Crippen molar-refractivity contribution in [1.29, 1.82) is 5.26 Å². The highest BCUT2D eigenvalue weighted by Crippen LogP contribution is 2.35. The number of nitrogens with zero attached hydrogens (tertiary/aromatic N) is 1. The number of thiophene rings is 1. The maximum absolute atomic E-state index is 13.2. The predicted octanol–water partition coefficient (Wildman–Crippen LogP) is 5.17. The standard InChI is InChI=1S/C21H16ClNO4S2/c1-2-14-4-5-15(21(24)25)10-19(14)29(26,27)12-16-9-13(11-23)3-6-17(16)18-7-8-20(22)28-18/h3-10H,2,12H2,1H3,(H,24,25). The highest BCUT2D eigenvalue weighted by Gasteiger charge is 2.23. The van der Waals surface area contributed by atoms with Crippen LogP contribution in [0.15, 0.2) is 53.4 Å². The lowest BCUT2D eigenvalue weighted by Gasteiger charge is -2.13. The molecule has 0 amide bonds. The van der Waals surface area contributed by atoms with Gasteiger partial charge in [0.15, 0.2) is 9.84 Å². The molecule has 3 aromatic rings. The van der Waals surface area contributed by atoms with Gasteiger partial charge in [-0.15, -0.1) is 11.3 Å². The molecule has 0 saturated heterocycles. The van der Waals surface area contributed by atoms with E-state index in [4.69, 9.17) is 11.6 Å². The first-order valence-electron chi connectivity index (χ1n) is 8.63. The maximum Gasteiger partial charge on any atom is 0.335 e. The molecule has 1 heterocycles. The Kier molecular flexibility index (Phi) is 6.08. The van der Waals surface area contributed by atoms with E-state index in [9.17, 15) is 23.6 Å². The van der Waals surface area contributed by atoms with Crippen LogP contribution in [0.1, 0.15) is 34.0 Å². The van der Waals surface area contributed by atoms with Gasteiger partial charge in [0.1, 0.15) is 0 Å². The number of sulfone groups is 1. The molecule has 0 aliphatic heterocycles. The van der Waals surface area contributed by atoms with Gasteiger partial charge < -0.3 is 5.11 Å². The molecule has 1 aromatic heterocycles. The summed E-state index contributed by atoms with van der Waals surface area (Å²) in [5.41, 5.74) is 1.95. The van der Waals surface area contributed by atoms with Crippen LogP contribution in [0.4, 0.5) is 0 Å². The predicted molar refractivity (Wildman–Crippen MR) is 113 cm³/mol. The zero-order chi connectivity index (χ0) is 21.2. The summed E-state index contributed by atoms with van der Waals surface area (Å²) in [6.45, 7) is 1.81. The van der Waals surface area contributed by atoms with Gasteiger partial charge in [-0.25, -0.2) is 13.2 Å². The van der Waals surface area contributed by atoms with Crippen molar-refractivity contribution in [1.82, 2.24) is 0 Å². The summed E-state index contributed by atoms with van der Waals surface area (Å²) in [6.07, 6.45) is 0.445. The van der Waals surface area contributed by atoms with Crippen molar-refractivity contribution >= 4 is 38.7 Å². The van der Waals surface area contributed by atoms with Crippen LogP contribution in [0.25, 0.3) is 10.4 Å². The zero-order valence-electron chi connectivity index (χ0n) is 15.3. The summed E-state index contributed by atoms with van der Waals surface area (Å²) in [5, 5.41) is 18.5. The van der Waals surface area contributed by atoms with Gasteiger partial charge in [-0.3, -0.25) is 0 Å². The fourth-order valence-electron chi connectivity index (χ4n) is 3.03. The number of carbonyl (C=O) groups is 1. The first-order chi connectivity index (χ1) is 13.7. The van der Waals surface area contributed by atoms with Gasteiger partial charge in [0.05, 0.1) is 32.2 Å². The molecule has 29 heavy (non-hydrogen) atoms. The molecule has 148 valence electrons. The van der Waals surface area contributed by atoms with Crippen molar-refractivity contribution in [2.75, 3.05) is 0 Å². The molecule has 0 bridgehead atoms. The molecule has 8 heteroatoms. The van der Waals surface area contributed by atoms with E-state index in [1.807, 2.05) is 13.0 Å². The Bertz CT molecular complexity index is 1240. The summed E-state index contributed by atoms with van der Waals surface area (Å²) in [7, 11) is -3.86. The lowest BCUT2D eigenvalue weighted by Crippen LogP contribution is -2.11. The summed E-state index contributed by atoms with van der Waals surface area (Å²) < 4.78 is 27.1. The second-order valence-electron chi connectivity index (χ2n) is 6.33. The van der Waals surface area contributed by atoms with Crippen LogP contribution < -0.4 is 0 Å². The Labute approximate surface area is 177 Å². The van der Waals surface area contributed by atoms with E-state index in [0.29, 0.717) is 33.0 Å². The normalized spacial score (nSPS) is 11.2. The van der Waals surface area contributed by atoms with Crippen LogP contribution in [0, 0.1) is 11.3 Å². The van der Waals surface area contributed by atoms with Crippen LogP contribution in [-0.4, -0.2) is 19.5 Å². The first-order valence-corrected chi connectivity index (χ1v) is 11.5. The molecule has 3 rings (SSSR count). The second kappa shape index (κ2) is 8.37. The second-order valence-corrected chi connectivity index (χ2v) is 10.0. The number of halogens is 1. The Hall–Kier alpha value is -2.66. The zero-order valence-corrected chi connectivity index (χ0v) is 17.7. The number of hydrogen-bond donors (Lipinski definition) is 1. The highest BCUT2D eigenvalue weighted by molar-refractivity contribution is 7.90. The molecular formula is C21H16ClNO4S2. The van der Waals surface area contributed by atoms with E-state index in [0.717, 1.165) is 4.88 Å². The minimum Gasteiger partial charge on any atom is -0.478 e. The number of aromatic carboxylic acids is 1. The largest absolute Gasteiger partial charge is 0.478 e. The fourth-order valence-corrected chi connectivity index (χ4v) is 5.86. The molecule has 5 nitrogen and oxygen atoms in total. The number of aryl methyl sites for hydroxylation is 1. The minimum absolute atomic E-state index is 0.00239. The fraction of sp³-hybridized carbons (Fsp3) is 0.143. The number of nitriles is 1. The molecular weight excluding hydrogens is 430 g/mol. The molecule has 0 spiro atoms. The minimum atomic E-state index is -3.86. The first kappa shape index (κ1) is 21.1. The Morgan fingerprint density at radius 3 is 2.48 bits per heavy atom. The molecule has 0 aliphatic rings. The Balaban J connectivity index is 2.13. The molecule has 1 N–H and O–H groups in total. The number of rotatable bonds is 6. The molecule has 0 aliphatic carbocycles. The topological polar surface area (TPSA) is 95.2 Å². The van der Waals surface area contributed by atoms with Crippen LogP contribution in [0.2, 0.25) is 4.34 Å². The number of carboxylic acid groups (broad SMARTS) is 1. The van der Waals surface area contributed by atoms with E-state index < -0.39 is 15.8 Å². The van der Waals surface area contributed by atoms with E-state index in [1.165, 1.54) is 29.5 Å². The van der Waals surface area contributed by atoms with Gasteiger partial charge in [-0.2, -0.15) is 5.26 Å². The molecule has 2 aromatic carbocycles. The maximum atomic E-state index is 13.2. The van der Waals surface area contributed by atoms with Crippen LogP contribution >= 0.6 is 22.9 Å². The van der Waals surface area contributed by atoms with E-state index in [-0.39, 0.29) is 16.2 Å². The van der Waals surface area contributed by atoms with Crippen molar-refractivity contribution in [3.05, 3.63) is 75.1 Å². The Morgan fingerprint density at radius 2 is 1.90 bits per heavy atom. The molecule has 0 atom stereocenters. The van der Waals surface area contributed by atoms with Gasteiger partial charge in [0.2, 0.25) is 0 Å². The lowest BCUT2D eigenvalue weighted by atomic mass is 10.0. The number of benzene rings is 2. The molecule has 0 saturated carbocycles. The number of hydrogen-bond acceptors (Lipinski definition) is 5. The monoisotopic (exact) mass is 445 g/mol. The summed E-state index contributed by atoms with van der Waals surface area (Å²) in [6, 6.07) is 14.6. The smallest absolute Gasteiger partial charge is 0.335 e. The third-order valence-electron chi connectivity index (χ3n) is 4.45. The van der Waals surface area contributed by atoms with Crippen LogP contribution in [0.5, 0.6) is 0 Å². The molecule has 0 radical (unpaired) electrons. The van der Waals surface area contributed by atoms with Crippen molar-refractivity contribution in [2.45, 2.75) is 24.0 Å². The van der Waals surface area contributed by atoms with Crippen molar-refractivity contribution in [3.63, 3.8) is 0 Å².